The molecule has 11 heavy (non-hydrogen) atoms. The Labute approximate surface area is 82.8 Å². The molecule has 0 aliphatic rings. The molecule has 68 valence electrons. The number of hydrogen-bond donors (Lipinski definition) is 0. The Hall–Kier alpha value is 0.830. The van der Waals surface area contributed by atoms with E-state index in [0.29, 0.717) is 10.7 Å². The average Bonchev–Trinajstić information content (AvgIpc) is 1.97. The molecule has 0 spiro atoms. The van der Waals surface area contributed by atoms with Crippen molar-refractivity contribution >= 4 is 42.3 Å². The first-order valence-corrected chi connectivity index (χ1v) is 6.35. The molecule has 0 amide bonds. The molecule has 0 aromatic carbocycles. The second kappa shape index (κ2) is 6.36. The van der Waals surface area contributed by atoms with Crippen LogP contribution in [0.15, 0.2) is 0 Å². The van der Waals surface area contributed by atoms with Crippen molar-refractivity contribution in [1.29, 1.82) is 0 Å². The summed E-state index contributed by atoms with van der Waals surface area (Å²) in [5.74, 6) is 0. The van der Waals surface area contributed by atoms with Crippen LogP contribution >= 0.6 is 31.9 Å². The van der Waals surface area contributed by atoms with Crippen LogP contribution in [0.25, 0.3) is 0 Å². The highest BCUT2D eigenvalue weighted by atomic mass is 79.9. The molecule has 0 aliphatic carbocycles. The van der Waals surface area contributed by atoms with Crippen LogP contribution in [0.3, 0.4) is 0 Å². The van der Waals surface area contributed by atoms with Crippen molar-refractivity contribution < 1.29 is 16.8 Å². The summed E-state index contributed by atoms with van der Waals surface area (Å²) < 4.78 is 30.1. The van der Waals surface area contributed by atoms with E-state index in [-0.39, 0.29) is 13.2 Å². The van der Waals surface area contributed by atoms with Gasteiger partial charge in [0.25, 0.3) is 0 Å². The highest BCUT2D eigenvalue weighted by Crippen LogP contribution is 1.97. The lowest BCUT2D eigenvalue weighted by molar-refractivity contribution is 0.234. The molecule has 0 saturated carbocycles. The first kappa shape index (κ1) is 11.8. The topological polar surface area (TPSA) is 52.6 Å². The first-order chi connectivity index (χ1) is 5.12. The van der Waals surface area contributed by atoms with Gasteiger partial charge in [0.1, 0.15) is 0 Å². The van der Waals surface area contributed by atoms with Crippen LogP contribution in [-0.2, 0) is 18.8 Å². The predicted molar refractivity (Wildman–Crippen MR) is 48.4 cm³/mol. The Balaban J connectivity index is 3.63. The van der Waals surface area contributed by atoms with E-state index in [1.165, 1.54) is 0 Å². The summed E-state index contributed by atoms with van der Waals surface area (Å²) >= 11 is 6.03. The molecule has 0 heterocycles. The third-order valence-electron chi connectivity index (χ3n) is 0.610. The molecule has 7 heteroatoms. The number of hydrogen-bond acceptors (Lipinski definition) is 4. The largest absolute Gasteiger partial charge is 0.399 e. The lowest BCUT2D eigenvalue weighted by Crippen LogP contribution is -2.12. The van der Waals surface area contributed by atoms with Crippen molar-refractivity contribution in [3.8, 4) is 0 Å². The van der Waals surface area contributed by atoms with E-state index in [4.69, 9.17) is 0 Å². The Morgan fingerprint density at radius 3 is 1.64 bits per heavy atom. The van der Waals surface area contributed by atoms with Crippen LogP contribution in [0, 0.1) is 0 Å². The van der Waals surface area contributed by atoms with Gasteiger partial charge in [0.2, 0.25) is 0 Å². The minimum Gasteiger partial charge on any atom is -0.247 e. The van der Waals surface area contributed by atoms with Crippen molar-refractivity contribution in [3.63, 3.8) is 0 Å². The maximum Gasteiger partial charge on any atom is 0.399 e. The molecule has 0 radical (unpaired) electrons. The Bertz CT molecular complexity index is 165. The fourth-order valence-electron chi connectivity index (χ4n) is 0.301. The molecular formula is C4H8Br2O4S. The summed E-state index contributed by atoms with van der Waals surface area (Å²) in [5.41, 5.74) is 0. The molecule has 4 nitrogen and oxygen atoms in total. The zero-order valence-corrected chi connectivity index (χ0v) is 9.61. The third kappa shape index (κ3) is 7.20. The van der Waals surface area contributed by atoms with Gasteiger partial charge in [-0.3, -0.25) is 0 Å². The van der Waals surface area contributed by atoms with E-state index in [9.17, 15) is 8.42 Å². The summed E-state index contributed by atoms with van der Waals surface area (Å²) in [6.45, 7) is 0.176. The van der Waals surface area contributed by atoms with E-state index in [0.717, 1.165) is 0 Å². The van der Waals surface area contributed by atoms with Crippen LogP contribution < -0.4 is 0 Å². The number of rotatable bonds is 6. The lowest BCUT2D eigenvalue weighted by atomic mass is 10.9. The van der Waals surface area contributed by atoms with Crippen LogP contribution in [-0.4, -0.2) is 32.3 Å². The fourth-order valence-corrected chi connectivity index (χ4v) is 1.70. The van der Waals surface area contributed by atoms with Gasteiger partial charge in [0, 0.05) is 10.7 Å². The van der Waals surface area contributed by atoms with Crippen molar-refractivity contribution in [2.75, 3.05) is 23.9 Å². The van der Waals surface area contributed by atoms with E-state index < -0.39 is 10.4 Å². The van der Waals surface area contributed by atoms with Gasteiger partial charge >= 0.3 is 10.4 Å². The van der Waals surface area contributed by atoms with Crippen LogP contribution in [0.2, 0.25) is 0 Å². The molecule has 0 unspecified atom stereocenters. The van der Waals surface area contributed by atoms with Gasteiger partial charge in [-0.05, 0) is 0 Å². The van der Waals surface area contributed by atoms with E-state index in [1.54, 1.807) is 0 Å². The fraction of sp³-hybridized carbons (Fsp3) is 1.00. The standard InChI is InChI=1S/C4H8Br2O4S/c5-1-3-9-11(7,8)10-4-2-6/h1-4H2. The smallest absolute Gasteiger partial charge is 0.247 e. The zero-order valence-electron chi connectivity index (χ0n) is 5.63. The van der Waals surface area contributed by atoms with Crippen molar-refractivity contribution in [1.82, 2.24) is 0 Å². The van der Waals surface area contributed by atoms with E-state index in [1.807, 2.05) is 0 Å². The molecule has 0 rings (SSSR count). The minimum atomic E-state index is -3.77. The second-order valence-electron chi connectivity index (χ2n) is 1.43. The van der Waals surface area contributed by atoms with Gasteiger partial charge in [0.05, 0.1) is 13.2 Å². The molecule has 0 atom stereocenters. The average molecular weight is 312 g/mol. The number of alkyl halides is 2. The molecular weight excluding hydrogens is 304 g/mol. The molecule has 0 saturated heterocycles. The molecule has 0 N–H and O–H groups in total. The van der Waals surface area contributed by atoms with Gasteiger partial charge in [-0.2, -0.15) is 8.42 Å². The highest BCUT2D eigenvalue weighted by molar-refractivity contribution is 9.09. The summed E-state index contributed by atoms with van der Waals surface area (Å²) in [7, 11) is -3.77. The maximum absolute atomic E-state index is 10.7. The van der Waals surface area contributed by atoms with Crippen molar-refractivity contribution in [2.45, 2.75) is 0 Å². The van der Waals surface area contributed by atoms with Crippen LogP contribution in [0.1, 0.15) is 0 Å². The maximum atomic E-state index is 10.7. The quantitative estimate of drug-likeness (QED) is 0.688. The minimum absolute atomic E-state index is 0.0879. The first-order valence-electron chi connectivity index (χ1n) is 2.78. The Kier molecular flexibility index (Phi) is 6.84. The van der Waals surface area contributed by atoms with Crippen LogP contribution in [0.5, 0.6) is 0 Å². The highest BCUT2D eigenvalue weighted by Gasteiger charge is 2.09. The van der Waals surface area contributed by atoms with Gasteiger partial charge in [0.15, 0.2) is 0 Å². The van der Waals surface area contributed by atoms with Crippen molar-refractivity contribution in [3.05, 3.63) is 0 Å². The normalized spacial score (nSPS) is 11.8. The zero-order chi connectivity index (χ0) is 8.74. The Morgan fingerprint density at radius 2 is 1.36 bits per heavy atom. The SMILES string of the molecule is O=S(=O)(OCCBr)OCCBr. The molecule has 0 aliphatic heterocycles. The van der Waals surface area contributed by atoms with Gasteiger partial charge in [-0.1, -0.05) is 31.9 Å². The molecule has 0 fully saturated rings. The molecule has 0 bridgehead atoms. The van der Waals surface area contributed by atoms with Crippen molar-refractivity contribution in [2.24, 2.45) is 0 Å². The molecule has 0 aromatic rings. The van der Waals surface area contributed by atoms with E-state index in [2.05, 4.69) is 40.2 Å². The summed E-state index contributed by atoms with van der Waals surface area (Å²) in [6.07, 6.45) is 0. The van der Waals surface area contributed by atoms with Crippen LogP contribution in [0.4, 0.5) is 0 Å². The van der Waals surface area contributed by atoms with Gasteiger partial charge in [-0.15, -0.1) is 0 Å². The number of halogens is 2. The van der Waals surface area contributed by atoms with Gasteiger partial charge < -0.3 is 0 Å². The predicted octanol–water partition coefficient (Wildman–Crippen LogP) is 1.05. The summed E-state index contributed by atoms with van der Waals surface area (Å²) in [6, 6.07) is 0. The Morgan fingerprint density at radius 1 is 1.00 bits per heavy atom. The lowest BCUT2D eigenvalue weighted by Gasteiger charge is -2.01. The molecule has 0 aromatic heterocycles. The van der Waals surface area contributed by atoms with E-state index >= 15 is 0 Å². The monoisotopic (exact) mass is 310 g/mol. The summed E-state index contributed by atoms with van der Waals surface area (Å²) in [5, 5.41) is 0.924. The second-order valence-corrected chi connectivity index (χ2v) is 4.30. The summed E-state index contributed by atoms with van der Waals surface area (Å²) in [4.78, 5) is 0. The van der Waals surface area contributed by atoms with Gasteiger partial charge in [-0.25, -0.2) is 8.37 Å². The third-order valence-corrected chi connectivity index (χ3v) is 2.17.